The van der Waals surface area contributed by atoms with E-state index in [9.17, 15) is 19.2 Å². The van der Waals surface area contributed by atoms with Crippen molar-refractivity contribution in [2.24, 2.45) is 5.73 Å². The van der Waals surface area contributed by atoms with Crippen LogP contribution in [0.2, 0.25) is 0 Å². The third-order valence-electron chi connectivity index (χ3n) is 7.09. The Kier molecular flexibility index (Phi) is 20.0. The molecule has 2 aliphatic rings. The zero-order valence-corrected chi connectivity index (χ0v) is 26.3. The van der Waals surface area contributed by atoms with Crippen LogP contribution in [0, 0.1) is 0 Å². The third-order valence-corrected chi connectivity index (χ3v) is 8.60. The molecule has 7 N–H and O–H groups in total. The summed E-state index contributed by atoms with van der Waals surface area (Å²) in [6, 6.07) is -0.268. The van der Waals surface area contributed by atoms with E-state index in [4.69, 9.17) is 24.7 Å². The highest BCUT2D eigenvalue weighted by Gasteiger charge is 2.42. The molecule has 0 aromatic rings. The van der Waals surface area contributed by atoms with Crippen molar-refractivity contribution < 1.29 is 38.1 Å². The number of urea groups is 1. The monoisotopic (exact) mass is 632 g/mol. The van der Waals surface area contributed by atoms with Gasteiger partial charge in [0.25, 0.3) is 0 Å². The van der Waals surface area contributed by atoms with Crippen LogP contribution in [0.3, 0.4) is 0 Å². The van der Waals surface area contributed by atoms with Crippen molar-refractivity contribution in [3.05, 3.63) is 0 Å². The summed E-state index contributed by atoms with van der Waals surface area (Å²) in [4.78, 5) is 47.0. The van der Waals surface area contributed by atoms with Gasteiger partial charge in [0.05, 0.1) is 64.9 Å². The molecule has 43 heavy (non-hydrogen) atoms. The molecular weight excluding hydrogens is 580 g/mol. The van der Waals surface area contributed by atoms with E-state index in [0.717, 1.165) is 44.4 Å². The van der Waals surface area contributed by atoms with Crippen LogP contribution < -0.4 is 32.3 Å². The number of thioether (sulfide) groups is 1. The standard InChI is InChI=1S/C28H52N6O8S/c1-30-10-5-4-6-21(27(29)37)32-25(36)9-12-39-14-16-41-18-19-42-17-15-40-13-11-31-24(35)8-3-2-7-23-26-22(20-43-23)33-28(38)34-26/h21-23,26,30H,2-20H2,1H3,(H2,29,37)(H,31,35)(H,32,36)(H2,33,34,38)/t21?,22-,23?,26-/m1/s1. The van der Waals surface area contributed by atoms with Gasteiger partial charge in [0, 0.05) is 30.4 Å². The molecule has 2 saturated heterocycles. The Hall–Kier alpha value is -2.17. The number of rotatable bonds is 27. The summed E-state index contributed by atoms with van der Waals surface area (Å²) >= 11 is 1.89. The molecule has 0 saturated carbocycles. The second-order valence-corrected chi connectivity index (χ2v) is 11.8. The number of fused-ring (bicyclic) bond motifs is 1. The normalized spacial score (nSPS) is 19.8. The number of ether oxygens (including phenoxy) is 4. The van der Waals surface area contributed by atoms with Crippen LogP contribution in [-0.2, 0) is 33.3 Å². The fourth-order valence-corrected chi connectivity index (χ4v) is 6.30. The minimum atomic E-state index is -0.655. The molecule has 2 heterocycles. The molecule has 2 rings (SSSR count). The first-order valence-corrected chi connectivity index (χ1v) is 16.4. The maximum Gasteiger partial charge on any atom is 0.315 e. The van der Waals surface area contributed by atoms with Gasteiger partial charge >= 0.3 is 6.03 Å². The van der Waals surface area contributed by atoms with Crippen molar-refractivity contribution in [2.45, 2.75) is 74.7 Å². The number of carbonyl (C=O) groups excluding carboxylic acids is 4. The summed E-state index contributed by atoms with van der Waals surface area (Å²) in [5.74, 6) is 0.189. The van der Waals surface area contributed by atoms with Gasteiger partial charge in [0.1, 0.15) is 6.04 Å². The highest BCUT2D eigenvalue weighted by atomic mass is 32.2. The minimum absolute atomic E-state index is 0.0278. The van der Waals surface area contributed by atoms with Gasteiger partial charge in [-0.1, -0.05) is 6.42 Å². The van der Waals surface area contributed by atoms with Gasteiger partial charge in [-0.3, -0.25) is 14.4 Å². The lowest BCUT2D eigenvalue weighted by atomic mass is 10.0. The van der Waals surface area contributed by atoms with E-state index >= 15 is 0 Å². The number of nitrogens with one attached hydrogen (secondary N) is 5. The molecule has 0 aliphatic carbocycles. The van der Waals surface area contributed by atoms with E-state index in [0.29, 0.717) is 70.9 Å². The molecule has 2 unspecified atom stereocenters. The summed E-state index contributed by atoms with van der Waals surface area (Å²) in [5, 5.41) is 14.9. The van der Waals surface area contributed by atoms with Gasteiger partial charge in [0.15, 0.2) is 0 Å². The molecule has 0 bridgehead atoms. The predicted molar refractivity (Wildman–Crippen MR) is 164 cm³/mol. The molecule has 5 amide bonds. The van der Waals surface area contributed by atoms with Gasteiger partial charge in [-0.25, -0.2) is 4.79 Å². The summed E-state index contributed by atoms with van der Waals surface area (Å²) < 4.78 is 21.8. The summed E-state index contributed by atoms with van der Waals surface area (Å²) in [5.41, 5.74) is 5.38. The molecule has 0 spiro atoms. The second-order valence-electron chi connectivity index (χ2n) is 10.5. The first-order chi connectivity index (χ1) is 20.9. The second kappa shape index (κ2) is 23.2. The molecule has 2 aliphatic heterocycles. The lowest BCUT2D eigenvalue weighted by Gasteiger charge is -2.16. The number of hydrogen-bond acceptors (Lipinski definition) is 10. The van der Waals surface area contributed by atoms with Crippen LogP contribution in [0.25, 0.3) is 0 Å². The van der Waals surface area contributed by atoms with Crippen molar-refractivity contribution in [2.75, 3.05) is 78.7 Å². The summed E-state index contributed by atoms with van der Waals surface area (Å²) in [6.07, 6.45) is 5.67. The van der Waals surface area contributed by atoms with Crippen molar-refractivity contribution in [3.63, 3.8) is 0 Å². The van der Waals surface area contributed by atoms with Gasteiger partial charge < -0.3 is 51.3 Å². The average molecular weight is 633 g/mol. The zero-order valence-electron chi connectivity index (χ0n) is 25.5. The average Bonchev–Trinajstić information content (AvgIpc) is 3.53. The van der Waals surface area contributed by atoms with Crippen LogP contribution in [0.4, 0.5) is 4.79 Å². The summed E-state index contributed by atoms with van der Waals surface area (Å²) in [6.45, 7) is 4.41. The third kappa shape index (κ3) is 17.0. The van der Waals surface area contributed by atoms with Crippen LogP contribution in [0.15, 0.2) is 0 Å². The molecule has 0 aromatic carbocycles. The Morgan fingerprint density at radius 2 is 1.53 bits per heavy atom. The highest BCUT2D eigenvalue weighted by molar-refractivity contribution is 8.00. The molecule has 4 atom stereocenters. The van der Waals surface area contributed by atoms with Crippen LogP contribution >= 0.6 is 11.8 Å². The summed E-state index contributed by atoms with van der Waals surface area (Å²) in [7, 11) is 1.86. The van der Waals surface area contributed by atoms with E-state index in [2.05, 4.69) is 26.6 Å². The number of primary amides is 1. The maximum absolute atomic E-state index is 12.0. The van der Waals surface area contributed by atoms with Gasteiger partial charge in [-0.2, -0.15) is 11.8 Å². The number of carbonyl (C=O) groups is 4. The quantitative estimate of drug-likeness (QED) is 0.0515. The molecule has 2 fully saturated rings. The van der Waals surface area contributed by atoms with E-state index in [1.54, 1.807) is 0 Å². The van der Waals surface area contributed by atoms with Gasteiger partial charge in [-0.15, -0.1) is 0 Å². The zero-order chi connectivity index (χ0) is 31.1. The fraction of sp³-hybridized carbons (Fsp3) is 0.857. The van der Waals surface area contributed by atoms with Gasteiger partial charge in [-0.05, 0) is 45.7 Å². The molecule has 248 valence electrons. The lowest BCUT2D eigenvalue weighted by molar-refractivity contribution is -0.128. The Labute approximate surface area is 259 Å². The van der Waals surface area contributed by atoms with E-state index < -0.39 is 11.9 Å². The first-order valence-electron chi connectivity index (χ1n) is 15.4. The SMILES string of the molecule is CNCCCCC(NC(=O)CCOCCOCCOCCOCCNC(=O)CCCCC1SC[C@H]2NC(=O)N[C@@H]12)C(N)=O. The molecule has 0 radical (unpaired) electrons. The molecular formula is C28H52N6O8S. The minimum Gasteiger partial charge on any atom is -0.379 e. The highest BCUT2D eigenvalue weighted by Crippen LogP contribution is 2.33. The largest absolute Gasteiger partial charge is 0.379 e. The number of hydrogen-bond donors (Lipinski definition) is 6. The Morgan fingerprint density at radius 1 is 0.860 bits per heavy atom. The lowest BCUT2D eigenvalue weighted by Crippen LogP contribution is -2.44. The van der Waals surface area contributed by atoms with Gasteiger partial charge in [0.2, 0.25) is 17.7 Å². The molecule has 15 heteroatoms. The molecule has 0 aromatic heterocycles. The van der Waals surface area contributed by atoms with Crippen molar-refractivity contribution in [1.29, 1.82) is 0 Å². The Balaban J connectivity index is 1.29. The maximum atomic E-state index is 12.0. The number of amides is 5. The van der Waals surface area contributed by atoms with Crippen LogP contribution in [0.1, 0.15) is 51.4 Å². The van der Waals surface area contributed by atoms with Crippen molar-refractivity contribution in [1.82, 2.24) is 26.6 Å². The smallest absolute Gasteiger partial charge is 0.315 e. The fourth-order valence-electron chi connectivity index (χ4n) is 4.75. The van der Waals surface area contributed by atoms with Crippen LogP contribution in [0.5, 0.6) is 0 Å². The number of nitrogens with two attached hydrogens (primary N) is 1. The van der Waals surface area contributed by atoms with E-state index in [-0.39, 0.29) is 43.0 Å². The van der Waals surface area contributed by atoms with Crippen LogP contribution in [-0.4, -0.2) is 126 Å². The Bertz CT molecular complexity index is 826. The number of unbranched alkanes of at least 4 members (excludes halogenated alkanes) is 2. The predicted octanol–water partition coefficient (Wildman–Crippen LogP) is -0.355. The first kappa shape index (κ1) is 37.0. The van der Waals surface area contributed by atoms with E-state index in [1.165, 1.54) is 0 Å². The van der Waals surface area contributed by atoms with E-state index in [1.807, 2.05) is 18.8 Å². The van der Waals surface area contributed by atoms with Crippen molar-refractivity contribution in [3.8, 4) is 0 Å². The van der Waals surface area contributed by atoms with Crippen molar-refractivity contribution >= 4 is 35.5 Å². The Morgan fingerprint density at radius 3 is 2.21 bits per heavy atom. The molecule has 14 nitrogen and oxygen atoms in total. The topological polar surface area (TPSA) is 191 Å².